The molecule has 0 saturated heterocycles. The fourth-order valence-corrected chi connectivity index (χ4v) is 2.96. The first-order chi connectivity index (χ1) is 9.56. The van der Waals surface area contributed by atoms with Crippen LogP contribution >= 0.6 is 11.8 Å². The molecule has 20 heavy (non-hydrogen) atoms. The molecule has 1 aromatic carbocycles. The Kier molecular flexibility index (Phi) is 5.07. The molecule has 0 aliphatic rings. The maximum absolute atomic E-state index is 9.27. The number of nitrogens with one attached hydrogen (secondary N) is 1. The first-order valence-electron chi connectivity index (χ1n) is 7.05. The van der Waals surface area contributed by atoms with Gasteiger partial charge < -0.3 is 15.8 Å². The zero-order chi connectivity index (χ0) is 14.6. The molecule has 0 aliphatic heterocycles. The number of aromatic amines is 1. The van der Waals surface area contributed by atoms with E-state index in [0.29, 0.717) is 0 Å². The van der Waals surface area contributed by atoms with Crippen LogP contribution in [0.15, 0.2) is 23.4 Å². The third kappa shape index (κ3) is 3.75. The monoisotopic (exact) mass is 293 g/mol. The van der Waals surface area contributed by atoms with Crippen LogP contribution in [0.3, 0.4) is 0 Å². The van der Waals surface area contributed by atoms with Crippen molar-refractivity contribution >= 4 is 22.8 Å². The summed E-state index contributed by atoms with van der Waals surface area (Å²) >= 11 is 1.71. The van der Waals surface area contributed by atoms with E-state index in [4.69, 9.17) is 5.73 Å². The topological polar surface area (TPSA) is 74.9 Å². The number of benzene rings is 1. The quantitative estimate of drug-likeness (QED) is 0.542. The van der Waals surface area contributed by atoms with Crippen molar-refractivity contribution in [3.8, 4) is 0 Å². The van der Waals surface area contributed by atoms with Gasteiger partial charge in [0.1, 0.15) is 0 Å². The zero-order valence-corrected chi connectivity index (χ0v) is 13.0. The largest absolute Gasteiger partial charge is 0.394 e. The Morgan fingerprint density at radius 3 is 2.95 bits per heavy atom. The van der Waals surface area contributed by atoms with Gasteiger partial charge in [0.25, 0.3) is 0 Å². The van der Waals surface area contributed by atoms with E-state index < -0.39 is 5.54 Å². The van der Waals surface area contributed by atoms with Crippen LogP contribution in [0, 0.1) is 6.92 Å². The van der Waals surface area contributed by atoms with Crippen LogP contribution in [-0.4, -0.2) is 33.0 Å². The highest BCUT2D eigenvalue weighted by Gasteiger charge is 2.20. The third-order valence-corrected chi connectivity index (χ3v) is 4.65. The summed E-state index contributed by atoms with van der Waals surface area (Å²) in [6.07, 6.45) is 2.62. The van der Waals surface area contributed by atoms with Gasteiger partial charge in [-0.2, -0.15) is 0 Å². The number of hydrogen-bond donors (Lipinski definition) is 3. The van der Waals surface area contributed by atoms with Gasteiger partial charge in [-0.05, 0) is 43.9 Å². The van der Waals surface area contributed by atoms with Crippen LogP contribution in [0.2, 0.25) is 0 Å². The van der Waals surface area contributed by atoms with Crippen molar-refractivity contribution in [3.05, 3.63) is 23.8 Å². The molecule has 5 heteroatoms. The molecule has 0 spiro atoms. The highest BCUT2D eigenvalue weighted by Crippen LogP contribution is 2.22. The van der Waals surface area contributed by atoms with Gasteiger partial charge in [-0.25, -0.2) is 4.98 Å². The smallest absolute Gasteiger partial charge is 0.166 e. The summed E-state index contributed by atoms with van der Waals surface area (Å²) in [4.78, 5) is 7.89. The number of aromatic nitrogens is 2. The summed E-state index contributed by atoms with van der Waals surface area (Å²) in [7, 11) is 0. The molecule has 1 aromatic heterocycles. The average molecular weight is 293 g/mol. The molecule has 0 aliphatic carbocycles. The Hall–Kier alpha value is -1.04. The van der Waals surface area contributed by atoms with Crippen LogP contribution in [0.4, 0.5) is 0 Å². The molecule has 1 atom stereocenters. The Balaban J connectivity index is 1.87. The lowest BCUT2D eigenvalue weighted by atomic mass is 9.93. The van der Waals surface area contributed by atoms with E-state index in [9.17, 15) is 5.11 Å². The predicted molar refractivity (Wildman–Crippen MR) is 85.1 cm³/mol. The lowest BCUT2D eigenvalue weighted by molar-refractivity contribution is 0.182. The number of aryl methyl sites for hydroxylation is 1. The van der Waals surface area contributed by atoms with Crippen LogP contribution in [0.25, 0.3) is 11.0 Å². The summed E-state index contributed by atoms with van der Waals surface area (Å²) in [6.45, 7) is 4.15. The van der Waals surface area contributed by atoms with Gasteiger partial charge in [0.05, 0.1) is 17.6 Å². The lowest BCUT2D eigenvalue weighted by Gasteiger charge is -2.25. The number of thioether (sulfide) groups is 1. The molecule has 1 heterocycles. The Bertz CT molecular complexity index is 563. The summed E-state index contributed by atoms with van der Waals surface area (Å²) in [5.74, 6) is 0.956. The summed E-state index contributed by atoms with van der Waals surface area (Å²) < 4.78 is 0. The third-order valence-electron chi connectivity index (χ3n) is 3.69. The molecule has 4 nitrogen and oxygen atoms in total. The number of aliphatic hydroxyl groups is 1. The fraction of sp³-hybridized carbons (Fsp3) is 0.533. The Morgan fingerprint density at radius 2 is 2.25 bits per heavy atom. The van der Waals surface area contributed by atoms with E-state index in [0.717, 1.165) is 41.2 Å². The SMILES string of the molecule is CCC(N)(CO)CCCSc1nc2ccc(C)cc2[nH]1. The van der Waals surface area contributed by atoms with Crippen molar-refractivity contribution in [2.24, 2.45) is 5.73 Å². The van der Waals surface area contributed by atoms with Gasteiger partial charge in [-0.1, -0.05) is 24.8 Å². The number of hydrogen-bond acceptors (Lipinski definition) is 4. The van der Waals surface area contributed by atoms with Gasteiger partial charge in [-0.15, -0.1) is 0 Å². The molecule has 2 aromatic rings. The molecule has 0 amide bonds. The highest BCUT2D eigenvalue weighted by molar-refractivity contribution is 7.99. The molecule has 1 unspecified atom stereocenters. The second-order valence-electron chi connectivity index (χ2n) is 5.39. The van der Waals surface area contributed by atoms with Crippen LogP contribution in [-0.2, 0) is 0 Å². The molecule has 0 radical (unpaired) electrons. The summed E-state index contributed by atoms with van der Waals surface area (Å²) in [5, 5.41) is 10.2. The number of H-pyrrole nitrogens is 1. The number of fused-ring (bicyclic) bond motifs is 1. The lowest BCUT2D eigenvalue weighted by Crippen LogP contribution is -2.42. The van der Waals surface area contributed by atoms with Gasteiger partial charge >= 0.3 is 0 Å². The maximum Gasteiger partial charge on any atom is 0.166 e. The maximum atomic E-state index is 9.27. The Morgan fingerprint density at radius 1 is 1.45 bits per heavy atom. The van der Waals surface area contributed by atoms with Gasteiger partial charge in [-0.3, -0.25) is 0 Å². The van der Waals surface area contributed by atoms with Gasteiger partial charge in [0.15, 0.2) is 5.16 Å². The number of nitrogens with two attached hydrogens (primary N) is 1. The van der Waals surface area contributed by atoms with Crippen molar-refractivity contribution in [2.75, 3.05) is 12.4 Å². The first kappa shape index (κ1) is 15.4. The average Bonchev–Trinajstić information content (AvgIpc) is 2.85. The minimum absolute atomic E-state index is 0.0537. The van der Waals surface area contributed by atoms with E-state index in [1.807, 2.05) is 13.0 Å². The fourth-order valence-electron chi connectivity index (χ4n) is 2.13. The van der Waals surface area contributed by atoms with Crippen molar-refractivity contribution in [3.63, 3.8) is 0 Å². The van der Waals surface area contributed by atoms with Crippen LogP contribution in [0.5, 0.6) is 0 Å². The van der Waals surface area contributed by atoms with E-state index in [1.54, 1.807) is 11.8 Å². The van der Waals surface area contributed by atoms with Gasteiger partial charge in [0.2, 0.25) is 0 Å². The molecular weight excluding hydrogens is 270 g/mol. The number of nitrogens with zero attached hydrogens (tertiary/aromatic N) is 1. The second kappa shape index (κ2) is 6.61. The number of imidazole rings is 1. The molecule has 0 saturated carbocycles. The predicted octanol–water partition coefficient (Wildman–Crippen LogP) is 2.84. The Labute approximate surface area is 124 Å². The molecule has 110 valence electrons. The second-order valence-corrected chi connectivity index (χ2v) is 6.47. The molecular formula is C15H23N3OS. The van der Waals surface area contributed by atoms with Crippen molar-refractivity contribution in [1.29, 1.82) is 0 Å². The minimum Gasteiger partial charge on any atom is -0.394 e. The van der Waals surface area contributed by atoms with E-state index >= 15 is 0 Å². The van der Waals surface area contributed by atoms with E-state index in [2.05, 4.69) is 29.0 Å². The zero-order valence-electron chi connectivity index (χ0n) is 12.1. The van der Waals surface area contributed by atoms with Crippen molar-refractivity contribution in [1.82, 2.24) is 9.97 Å². The molecule has 0 bridgehead atoms. The van der Waals surface area contributed by atoms with E-state index in [1.165, 1.54) is 5.56 Å². The minimum atomic E-state index is -0.425. The molecule has 2 rings (SSSR count). The first-order valence-corrected chi connectivity index (χ1v) is 8.04. The standard InChI is InChI=1S/C15H23N3OS/c1-3-15(16,10-19)7-4-8-20-14-17-12-6-5-11(2)9-13(12)18-14/h5-6,9,19H,3-4,7-8,10,16H2,1-2H3,(H,17,18). The number of rotatable bonds is 7. The normalized spacial score (nSPS) is 14.6. The van der Waals surface area contributed by atoms with Crippen molar-refractivity contribution in [2.45, 2.75) is 43.8 Å². The van der Waals surface area contributed by atoms with Crippen molar-refractivity contribution < 1.29 is 5.11 Å². The molecule has 4 N–H and O–H groups in total. The van der Waals surface area contributed by atoms with Crippen LogP contribution in [0.1, 0.15) is 31.7 Å². The van der Waals surface area contributed by atoms with Gasteiger partial charge in [0, 0.05) is 11.3 Å². The summed E-state index contributed by atoms with van der Waals surface area (Å²) in [5.41, 5.74) is 8.98. The van der Waals surface area contributed by atoms with E-state index in [-0.39, 0.29) is 6.61 Å². The summed E-state index contributed by atoms with van der Waals surface area (Å²) in [6, 6.07) is 6.22. The number of aliphatic hydroxyl groups excluding tert-OH is 1. The highest BCUT2D eigenvalue weighted by atomic mass is 32.2. The van der Waals surface area contributed by atoms with Crippen LogP contribution < -0.4 is 5.73 Å². The molecule has 0 fully saturated rings.